The van der Waals surface area contributed by atoms with Gasteiger partial charge in [0, 0.05) is 10.0 Å². The van der Waals surface area contributed by atoms with Gasteiger partial charge < -0.3 is 16.4 Å². The third-order valence-corrected chi connectivity index (χ3v) is 2.83. The van der Waals surface area contributed by atoms with E-state index in [0.717, 1.165) is 4.47 Å². The number of rotatable bonds is 6. The molecule has 0 fully saturated rings. The van der Waals surface area contributed by atoms with Crippen LogP contribution < -0.4 is 16.4 Å². The minimum atomic E-state index is -3.15. The lowest BCUT2D eigenvalue weighted by Crippen LogP contribution is -2.45. The largest absolute Gasteiger partial charge is 0.348 e. The molecule has 4 N–H and O–H groups in total. The smallest absolute Gasteiger partial charge is 0.277 e. The topological polar surface area (TPSA) is 84.2 Å². The molecule has 0 aromatic heterocycles. The Hall–Kier alpha value is -1.25. The van der Waals surface area contributed by atoms with E-state index in [2.05, 4.69) is 21.2 Å². The molecule has 0 bridgehead atoms. The van der Waals surface area contributed by atoms with Crippen molar-refractivity contribution >= 4 is 40.2 Å². The summed E-state index contributed by atoms with van der Waals surface area (Å²) in [6.45, 7) is -2.08. The van der Waals surface area contributed by atoms with Gasteiger partial charge in [-0.1, -0.05) is 22.0 Å². The monoisotopic (exact) mass is 385 g/mol. The molecule has 5 nitrogen and oxygen atoms in total. The van der Waals surface area contributed by atoms with Gasteiger partial charge in [-0.3, -0.25) is 9.59 Å². The predicted octanol–water partition coefficient (Wildman–Crippen LogP) is 1.31. The number of carbonyl (C=O) groups is 2. The van der Waals surface area contributed by atoms with Gasteiger partial charge in [0.2, 0.25) is 5.91 Å². The zero-order valence-electron chi connectivity index (χ0n) is 10.9. The lowest BCUT2D eigenvalue weighted by Gasteiger charge is -2.14. The lowest BCUT2D eigenvalue weighted by atomic mass is 10.2. The molecule has 0 saturated carbocycles. The minimum Gasteiger partial charge on any atom is -0.348 e. The molecule has 0 saturated heterocycles. The van der Waals surface area contributed by atoms with Crippen molar-refractivity contribution in [2.24, 2.45) is 5.73 Å². The number of hydrogen-bond donors (Lipinski definition) is 3. The highest BCUT2D eigenvalue weighted by atomic mass is 79.9. The minimum absolute atomic E-state index is 0. The summed E-state index contributed by atoms with van der Waals surface area (Å²) >= 11 is 3.21. The van der Waals surface area contributed by atoms with E-state index in [0.29, 0.717) is 5.56 Å². The van der Waals surface area contributed by atoms with E-state index < -0.39 is 30.8 Å². The van der Waals surface area contributed by atoms with Crippen LogP contribution in [0.3, 0.4) is 0 Å². The summed E-state index contributed by atoms with van der Waals surface area (Å²) in [5.41, 5.74) is 5.19. The molecular formula is C12H15BrClF2N3O2. The van der Waals surface area contributed by atoms with Gasteiger partial charge in [0.1, 0.15) is 0 Å². The Morgan fingerprint density at radius 3 is 2.52 bits per heavy atom. The van der Waals surface area contributed by atoms with Crippen molar-refractivity contribution < 1.29 is 18.4 Å². The molecule has 0 atom stereocenters. The molecule has 0 aliphatic carbocycles. The Kier molecular flexibility index (Phi) is 8.38. The van der Waals surface area contributed by atoms with Crippen molar-refractivity contribution in [1.82, 2.24) is 10.6 Å². The van der Waals surface area contributed by atoms with Crippen molar-refractivity contribution in [3.8, 4) is 0 Å². The summed E-state index contributed by atoms with van der Waals surface area (Å²) in [6, 6.07) is 6.57. The van der Waals surface area contributed by atoms with Crippen LogP contribution in [-0.4, -0.2) is 37.4 Å². The normalized spacial score (nSPS) is 10.5. The SMILES string of the molecule is Cl.NCC(F)(F)CNC(=O)CNC(=O)c1cccc(Br)c1. The summed E-state index contributed by atoms with van der Waals surface area (Å²) in [5.74, 6) is -4.32. The Labute approximate surface area is 135 Å². The number of nitrogens with one attached hydrogen (secondary N) is 2. The summed E-state index contributed by atoms with van der Waals surface area (Å²) in [5, 5.41) is 4.33. The van der Waals surface area contributed by atoms with Crippen LogP contribution in [0, 0.1) is 0 Å². The van der Waals surface area contributed by atoms with Crippen molar-refractivity contribution in [3.05, 3.63) is 34.3 Å². The maximum Gasteiger partial charge on any atom is 0.277 e. The van der Waals surface area contributed by atoms with E-state index in [1.807, 2.05) is 5.32 Å². The van der Waals surface area contributed by atoms with E-state index in [9.17, 15) is 18.4 Å². The number of benzene rings is 1. The van der Waals surface area contributed by atoms with Crippen LogP contribution in [0.25, 0.3) is 0 Å². The fourth-order valence-electron chi connectivity index (χ4n) is 1.25. The lowest BCUT2D eigenvalue weighted by molar-refractivity contribution is -0.121. The van der Waals surface area contributed by atoms with Crippen LogP contribution in [0.4, 0.5) is 8.78 Å². The second kappa shape index (κ2) is 8.91. The molecule has 1 aromatic rings. The number of carbonyl (C=O) groups excluding carboxylic acids is 2. The van der Waals surface area contributed by atoms with Crippen molar-refractivity contribution in [3.63, 3.8) is 0 Å². The van der Waals surface area contributed by atoms with Crippen LogP contribution >= 0.6 is 28.3 Å². The highest BCUT2D eigenvalue weighted by Crippen LogP contribution is 2.11. The van der Waals surface area contributed by atoms with E-state index >= 15 is 0 Å². The molecule has 0 spiro atoms. The quantitative estimate of drug-likeness (QED) is 0.689. The Morgan fingerprint density at radius 2 is 1.95 bits per heavy atom. The van der Waals surface area contributed by atoms with Gasteiger partial charge in [0.25, 0.3) is 11.8 Å². The summed E-state index contributed by atoms with van der Waals surface area (Å²) in [4.78, 5) is 23.0. The molecule has 118 valence electrons. The zero-order chi connectivity index (χ0) is 15.2. The number of halogens is 4. The molecule has 21 heavy (non-hydrogen) atoms. The van der Waals surface area contributed by atoms with Gasteiger partial charge >= 0.3 is 0 Å². The molecule has 2 amide bonds. The van der Waals surface area contributed by atoms with Crippen LogP contribution in [0.15, 0.2) is 28.7 Å². The van der Waals surface area contributed by atoms with E-state index in [1.165, 1.54) is 0 Å². The van der Waals surface area contributed by atoms with E-state index in [1.54, 1.807) is 24.3 Å². The first-order valence-corrected chi connectivity index (χ1v) is 6.52. The Balaban J connectivity index is 0.00000400. The molecule has 0 heterocycles. The van der Waals surface area contributed by atoms with Crippen molar-refractivity contribution in [1.29, 1.82) is 0 Å². The van der Waals surface area contributed by atoms with Crippen molar-refractivity contribution in [2.45, 2.75) is 5.92 Å². The number of nitrogens with two attached hydrogens (primary N) is 1. The summed E-state index contributed by atoms with van der Waals surface area (Å²) < 4.78 is 26.3. The van der Waals surface area contributed by atoms with Crippen LogP contribution in [0.1, 0.15) is 10.4 Å². The Morgan fingerprint density at radius 1 is 1.29 bits per heavy atom. The highest BCUT2D eigenvalue weighted by molar-refractivity contribution is 9.10. The maximum absolute atomic E-state index is 12.8. The van der Waals surface area contributed by atoms with Gasteiger partial charge in [-0.2, -0.15) is 0 Å². The number of alkyl halides is 2. The van der Waals surface area contributed by atoms with Gasteiger partial charge in [0.15, 0.2) is 0 Å². The summed E-state index contributed by atoms with van der Waals surface area (Å²) in [7, 11) is 0. The van der Waals surface area contributed by atoms with Crippen LogP contribution in [0.5, 0.6) is 0 Å². The molecule has 0 aliphatic rings. The van der Waals surface area contributed by atoms with Gasteiger partial charge in [-0.05, 0) is 18.2 Å². The van der Waals surface area contributed by atoms with Gasteiger partial charge in [-0.15, -0.1) is 12.4 Å². The molecule has 9 heteroatoms. The van der Waals surface area contributed by atoms with Crippen LogP contribution in [0.2, 0.25) is 0 Å². The summed E-state index contributed by atoms with van der Waals surface area (Å²) in [6.07, 6.45) is 0. The van der Waals surface area contributed by atoms with Crippen molar-refractivity contribution in [2.75, 3.05) is 19.6 Å². The second-order valence-corrected chi connectivity index (χ2v) is 4.95. The average Bonchev–Trinajstić information content (AvgIpc) is 2.42. The molecule has 1 rings (SSSR count). The molecule has 0 aliphatic heterocycles. The highest BCUT2D eigenvalue weighted by Gasteiger charge is 2.27. The van der Waals surface area contributed by atoms with Crippen LogP contribution in [-0.2, 0) is 4.79 Å². The molecular weight excluding hydrogens is 372 g/mol. The first kappa shape index (κ1) is 19.8. The predicted molar refractivity (Wildman–Crippen MR) is 80.7 cm³/mol. The fourth-order valence-corrected chi connectivity index (χ4v) is 1.65. The fraction of sp³-hybridized carbons (Fsp3) is 0.333. The third kappa shape index (κ3) is 7.35. The third-order valence-electron chi connectivity index (χ3n) is 2.34. The molecule has 1 aromatic carbocycles. The van der Waals surface area contributed by atoms with E-state index in [4.69, 9.17) is 5.73 Å². The molecule has 0 radical (unpaired) electrons. The molecule has 0 unspecified atom stereocenters. The van der Waals surface area contributed by atoms with E-state index in [-0.39, 0.29) is 19.0 Å². The first-order valence-electron chi connectivity index (χ1n) is 5.72. The average molecular weight is 387 g/mol. The van der Waals surface area contributed by atoms with Gasteiger partial charge in [0.05, 0.1) is 19.6 Å². The first-order chi connectivity index (χ1) is 9.34. The standard InChI is InChI=1S/C12H14BrF2N3O2.ClH/c13-9-3-1-2-8(4-9)11(20)17-5-10(19)18-7-12(14,15)6-16;/h1-4H,5-7,16H2,(H,17,20)(H,18,19);1H. The zero-order valence-corrected chi connectivity index (χ0v) is 13.3. The number of amides is 2. The maximum atomic E-state index is 12.8. The van der Waals surface area contributed by atoms with Gasteiger partial charge in [-0.25, -0.2) is 8.78 Å². The Bertz CT molecular complexity index is 503. The second-order valence-electron chi connectivity index (χ2n) is 4.03. The number of hydrogen-bond acceptors (Lipinski definition) is 3.